The summed E-state index contributed by atoms with van der Waals surface area (Å²) in [5, 5.41) is 9.46. The smallest absolute Gasteiger partial charge is 0.251 e. The van der Waals surface area contributed by atoms with Crippen LogP contribution in [0.15, 0.2) is 59.6 Å². The van der Waals surface area contributed by atoms with Gasteiger partial charge in [-0.1, -0.05) is 37.3 Å². The molecular weight excluding hydrogens is 352 g/mol. The van der Waals surface area contributed by atoms with Crippen molar-refractivity contribution in [3.05, 3.63) is 65.7 Å². The number of carbonyl (C=O) groups excluding carboxylic acids is 1. The molecule has 1 unspecified atom stereocenters. The van der Waals surface area contributed by atoms with Crippen molar-refractivity contribution in [1.29, 1.82) is 0 Å². The van der Waals surface area contributed by atoms with Gasteiger partial charge < -0.3 is 20.7 Å². The van der Waals surface area contributed by atoms with Gasteiger partial charge >= 0.3 is 0 Å². The minimum atomic E-state index is -0.0447. The van der Waals surface area contributed by atoms with Gasteiger partial charge in [0.05, 0.1) is 6.54 Å². The summed E-state index contributed by atoms with van der Waals surface area (Å²) in [5.41, 5.74) is 1.68. The molecule has 150 valence electrons. The molecule has 0 bridgehead atoms. The standard InChI is InChI=1S/C22H30N4O2/c1-4-17(2)26-21(27)19-10-8-9-18(15-19)16-25-22(23-3)24-13-14-28-20-11-6-5-7-12-20/h5-12,15,17H,4,13-14,16H2,1-3H3,(H,26,27)(H2,23,24,25). The Morgan fingerprint density at radius 2 is 1.89 bits per heavy atom. The number of benzene rings is 2. The van der Waals surface area contributed by atoms with Crippen molar-refractivity contribution in [1.82, 2.24) is 16.0 Å². The summed E-state index contributed by atoms with van der Waals surface area (Å²) in [6.45, 7) is 5.79. The fourth-order valence-corrected chi connectivity index (χ4v) is 2.49. The normalized spacial score (nSPS) is 12.2. The van der Waals surface area contributed by atoms with E-state index in [2.05, 4.69) is 27.9 Å². The first-order valence-electron chi connectivity index (χ1n) is 9.64. The highest BCUT2D eigenvalue weighted by Crippen LogP contribution is 2.08. The molecule has 0 aromatic heterocycles. The van der Waals surface area contributed by atoms with E-state index in [1.54, 1.807) is 7.05 Å². The first kappa shape index (κ1) is 21.3. The lowest BCUT2D eigenvalue weighted by molar-refractivity contribution is 0.0939. The third-order valence-electron chi connectivity index (χ3n) is 4.27. The Labute approximate surface area is 167 Å². The van der Waals surface area contributed by atoms with Gasteiger partial charge in [-0.2, -0.15) is 0 Å². The number of para-hydroxylation sites is 1. The van der Waals surface area contributed by atoms with Crippen LogP contribution in [-0.4, -0.2) is 38.1 Å². The second-order valence-corrected chi connectivity index (χ2v) is 6.50. The summed E-state index contributed by atoms with van der Waals surface area (Å²) < 4.78 is 5.66. The Hall–Kier alpha value is -3.02. The fourth-order valence-electron chi connectivity index (χ4n) is 2.49. The number of amides is 1. The molecule has 2 rings (SSSR count). The Balaban J connectivity index is 1.78. The van der Waals surface area contributed by atoms with E-state index in [1.165, 1.54) is 0 Å². The van der Waals surface area contributed by atoms with Crippen LogP contribution in [0.2, 0.25) is 0 Å². The van der Waals surface area contributed by atoms with Gasteiger partial charge in [0.15, 0.2) is 5.96 Å². The van der Waals surface area contributed by atoms with Crippen LogP contribution in [0.1, 0.15) is 36.2 Å². The van der Waals surface area contributed by atoms with E-state index >= 15 is 0 Å². The lowest BCUT2D eigenvalue weighted by Gasteiger charge is -2.14. The van der Waals surface area contributed by atoms with Crippen molar-refractivity contribution in [2.45, 2.75) is 32.9 Å². The number of nitrogens with one attached hydrogen (secondary N) is 3. The van der Waals surface area contributed by atoms with Crippen LogP contribution in [0.25, 0.3) is 0 Å². The molecule has 2 aromatic carbocycles. The number of rotatable bonds is 9. The molecule has 0 heterocycles. The lowest BCUT2D eigenvalue weighted by Crippen LogP contribution is -2.39. The van der Waals surface area contributed by atoms with Crippen LogP contribution in [0, 0.1) is 0 Å². The molecule has 0 saturated heterocycles. The van der Waals surface area contributed by atoms with E-state index in [0.717, 1.165) is 17.7 Å². The number of hydrogen-bond donors (Lipinski definition) is 3. The van der Waals surface area contributed by atoms with Crippen LogP contribution in [-0.2, 0) is 6.54 Å². The zero-order valence-electron chi connectivity index (χ0n) is 16.9. The van der Waals surface area contributed by atoms with Crippen LogP contribution in [0.5, 0.6) is 5.75 Å². The molecule has 3 N–H and O–H groups in total. The Morgan fingerprint density at radius 1 is 1.11 bits per heavy atom. The minimum absolute atomic E-state index is 0.0447. The minimum Gasteiger partial charge on any atom is -0.492 e. The maximum Gasteiger partial charge on any atom is 0.251 e. The van der Waals surface area contributed by atoms with Gasteiger partial charge in [-0.25, -0.2) is 0 Å². The topological polar surface area (TPSA) is 74.8 Å². The molecular formula is C22H30N4O2. The van der Waals surface area contributed by atoms with Crippen LogP contribution >= 0.6 is 0 Å². The maximum atomic E-state index is 12.3. The molecule has 0 radical (unpaired) electrons. The molecule has 6 heteroatoms. The third-order valence-corrected chi connectivity index (χ3v) is 4.27. The maximum absolute atomic E-state index is 12.3. The molecule has 2 aromatic rings. The predicted octanol–water partition coefficient (Wildman–Crippen LogP) is 2.96. The lowest BCUT2D eigenvalue weighted by atomic mass is 10.1. The SMILES string of the molecule is CCC(C)NC(=O)c1cccc(CNC(=NC)NCCOc2ccccc2)c1. The highest BCUT2D eigenvalue weighted by atomic mass is 16.5. The van der Waals surface area contributed by atoms with Gasteiger partial charge in [-0.3, -0.25) is 9.79 Å². The van der Waals surface area contributed by atoms with Crippen molar-refractivity contribution >= 4 is 11.9 Å². The number of aliphatic imine (C=N–C) groups is 1. The number of guanidine groups is 1. The highest BCUT2D eigenvalue weighted by molar-refractivity contribution is 5.94. The van der Waals surface area contributed by atoms with Gasteiger partial charge in [0.2, 0.25) is 0 Å². The molecule has 0 saturated carbocycles. The van der Waals surface area contributed by atoms with Gasteiger partial charge in [-0.15, -0.1) is 0 Å². The van der Waals surface area contributed by atoms with E-state index in [1.807, 2.05) is 61.5 Å². The van der Waals surface area contributed by atoms with E-state index in [0.29, 0.717) is 31.2 Å². The fraction of sp³-hybridized carbons (Fsp3) is 0.364. The molecule has 0 aliphatic heterocycles. The molecule has 6 nitrogen and oxygen atoms in total. The van der Waals surface area contributed by atoms with Crippen LogP contribution < -0.4 is 20.7 Å². The van der Waals surface area contributed by atoms with Crippen molar-refractivity contribution in [2.75, 3.05) is 20.2 Å². The van der Waals surface area contributed by atoms with E-state index in [4.69, 9.17) is 4.74 Å². The summed E-state index contributed by atoms with van der Waals surface area (Å²) in [6.07, 6.45) is 0.906. The zero-order valence-corrected chi connectivity index (χ0v) is 16.9. The van der Waals surface area contributed by atoms with Gasteiger partial charge in [0.1, 0.15) is 12.4 Å². The molecule has 1 atom stereocenters. The van der Waals surface area contributed by atoms with Crippen LogP contribution in [0.3, 0.4) is 0 Å². The van der Waals surface area contributed by atoms with Gasteiger partial charge in [0, 0.05) is 25.2 Å². The number of nitrogens with zero attached hydrogens (tertiary/aromatic N) is 1. The molecule has 0 aliphatic rings. The molecule has 1 amide bonds. The first-order chi connectivity index (χ1) is 13.6. The number of hydrogen-bond acceptors (Lipinski definition) is 3. The molecule has 28 heavy (non-hydrogen) atoms. The largest absolute Gasteiger partial charge is 0.492 e. The average molecular weight is 383 g/mol. The predicted molar refractivity (Wildman–Crippen MR) is 114 cm³/mol. The summed E-state index contributed by atoms with van der Waals surface area (Å²) in [6, 6.07) is 17.5. The van der Waals surface area contributed by atoms with E-state index in [-0.39, 0.29) is 11.9 Å². The summed E-state index contributed by atoms with van der Waals surface area (Å²) in [4.78, 5) is 16.5. The zero-order chi connectivity index (χ0) is 20.2. The highest BCUT2D eigenvalue weighted by Gasteiger charge is 2.09. The summed E-state index contributed by atoms with van der Waals surface area (Å²) in [7, 11) is 1.73. The van der Waals surface area contributed by atoms with Crippen molar-refractivity contribution < 1.29 is 9.53 Å². The van der Waals surface area contributed by atoms with Crippen molar-refractivity contribution in [3.8, 4) is 5.75 Å². The first-order valence-corrected chi connectivity index (χ1v) is 9.64. The molecule has 0 fully saturated rings. The Morgan fingerprint density at radius 3 is 2.61 bits per heavy atom. The van der Waals surface area contributed by atoms with E-state index < -0.39 is 0 Å². The van der Waals surface area contributed by atoms with Crippen molar-refractivity contribution in [2.24, 2.45) is 4.99 Å². The van der Waals surface area contributed by atoms with Gasteiger partial charge in [-0.05, 0) is 43.2 Å². The van der Waals surface area contributed by atoms with Crippen LogP contribution in [0.4, 0.5) is 0 Å². The van der Waals surface area contributed by atoms with E-state index in [9.17, 15) is 4.79 Å². The Kier molecular flexibility index (Phi) is 8.85. The third kappa shape index (κ3) is 7.31. The number of ether oxygens (including phenoxy) is 1. The molecule has 0 spiro atoms. The monoisotopic (exact) mass is 382 g/mol. The van der Waals surface area contributed by atoms with Crippen molar-refractivity contribution in [3.63, 3.8) is 0 Å². The second kappa shape index (κ2) is 11.6. The summed E-state index contributed by atoms with van der Waals surface area (Å²) in [5.74, 6) is 1.49. The summed E-state index contributed by atoms with van der Waals surface area (Å²) >= 11 is 0. The average Bonchev–Trinajstić information content (AvgIpc) is 2.74. The quantitative estimate of drug-likeness (QED) is 0.354. The number of carbonyl (C=O) groups is 1. The Bertz CT molecular complexity index is 762. The second-order valence-electron chi connectivity index (χ2n) is 6.50. The molecule has 0 aliphatic carbocycles. The van der Waals surface area contributed by atoms with Gasteiger partial charge in [0.25, 0.3) is 5.91 Å².